The molecule has 0 aromatic rings. The first-order valence-electron chi connectivity index (χ1n) is 7.12. The minimum Gasteiger partial charge on any atom is -0.393 e. The standard InChI is InChI=1S/C15H22O3/c1-15-7-6-10(16)8-9(15)2-3-11-12(17)4-5-13(18)14(11)15/h8,11-14,17-18H,2-7H2,1H3/t11-,12-,13-,14+,15+/m1/s1. The number of aliphatic hydroxyl groups excluding tert-OH is 2. The molecule has 3 nitrogen and oxygen atoms in total. The molecule has 5 atom stereocenters. The highest BCUT2D eigenvalue weighted by molar-refractivity contribution is 5.91. The molecular formula is C15H22O3. The van der Waals surface area contributed by atoms with Crippen molar-refractivity contribution >= 4 is 5.78 Å². The van der Waals surface area contributed by atoms with E-state index in [9.17, 15) is 15.0 Å². The highest BCUT2D eigenvalue weighted by Crippen LogP contribution is 2.56. The lowest BCUT2D eigenvalue weighted by Crippen LogP contribution is -2.53. The summed E-state index contributed by atoms with van der Waals surface area (Å²) in [6.07, 6.45) is 5.89. The van der Waals surface area contributed by atoms with Crippen LogP contribution in [0.1, 0.15) is 45.4 Å². The molecule has 2 N–H and O–H groups in total. The Morgan fingerprint density at radius 2 is 1.89 bits per heavy atom. The van der Waals surface area contributed by atoms with Crippen LogP contribution in [0.5, 0.6) is 0 Å². The molecule has 0 bridgehead atoms. The molecule has 3 rings (SSSR count). The van der Waals surface area contributed by atoms with E-state index in [4.69, 9.17) is 0 Å². The summed E-state index contributed by atoms with van der Waals surface area (Å²) >= 11 is 0. The van der Waals surface area contributed by atoms with Crippen LogP contribution >= 0.6 is 0 Å². The summed E-state index contributed by atoms with van der Waals surface area (Å²) in [6.45, 7) is 2.18. The minimum absolute atomic E-state index is 0.0718. The van der Waals surface area contributed by atoms with Gasteiger partial charge in [0.2, 0.25) is 0 Å². The van der Waals surface area contributed by atoms with Gasteiger partial charge in [-0.05, 0) is 55.4 Å². The molecule has 100 valence electrons. The molecule has 0 unspecified atom stereocenters. The van der Waals surface area contributed by atoms with Crippen LogP contribution in [0.15, 0.2) is 11.6 Å². The monoisotopic (exact) mass is 250 g/mol. The summed E-state index contributed by atoms with van der Waals surface area (Å²) in [6, 6.07) is 0. The van der Waals surface area contributed by atoms with Crippen molar-refractivity contribution in [3.8, 4) is 0 Å². The van der Waals surface area contributed by atoms with Crippen LogP contribution in [0.4, 0.5) is 0 Å². The maximum absolute atomic E-state index is 11.6. The van der Waals surface area contributed by atoms with Crippen LogP contribution in [0.25, 0.3) is 0 Å². The molecule has 3 aliphatic carbocycles. The topological polar surface area (TPSA) is 57.5 Å². The Morgan fingerprint density at radius 3 is 2.67 bits per heavy atom. The predicted octanol–water partition coefficient (Wildman–Crippen LogP) is 1.82. The predicted molar refractivity (Wildman–Crippen MR) is 67.9 cm³/mol. The second kappa shape index (κ2) is 4.17. The second-order valence-corrected chi connectivity index (χ2v) is 6.49. The van der Waals surface area contributed by atoms with E-state index in [0.29, 0.717) is 12.8 Å². The third-order valence-electron chi connectivity index (χ3n) is 5.57. The average Bonchev–Trinajstić information content (AvgIpc) is 2.34. The minimum atomic E-state index is -0.319. The smallest absolute Gasteiger partial charge is 0.155 e. The summed E-state index contributed by atoms with van der Waals surface area (Å²) in [4.78, 5) is 11.6. The number of carbonyl (C=O) groups excluding carboxylic acids is 1. The molecule has 0 aromatic heterocycles. The van der Waals surface area contributed by atoms with E-state index in [1.54, 1.807) is 0 Å². The van der Waals surface area contributed by atoms with E-state index in [1.165, 1.54) is 5.57 Å². The molecule has 0 radical (unpaired) electrons. The van der Waals surface area contributed by atoms with Crippen molar-refractivity contribution in [1.82, 2.24) is 0 Å². The summed E-state index contributed by atoms with van der Waals surface area (Å²) in [5.74, 6) is 0.574. The summed E-state index contributed by atoms with van der Waals surface area (Å²) in [5.41, 5.74) is 1.14. The van der Waals surface area contributed by atoms with Gasteiger partial charge in [-0.1, -0.05) is 12.5 Å². The zero-order chi connectivity index (χ0) is 12.9. The van der Waals surface area contributed by atoms with Crippen LogP contribution in [-0.4, -0.2) is 28.2 Å². The largest absolute Gasteiger partial charge is 0.393 e. The molecule has 0 aliphatic heterocycles. The van der Waals surface area contributed by atoms with Gasteiger partial charge in [0, 0.05) is 6.42 Å². The Hall–Kier alpha value is -0.670. The van der Waals surface area contributed by atoms with Gasteiger partial charge in [0.15, 0.2) is 5.78 Å². The lowest BCUT2D eigenvalue weighted by molar-refractivity contribution is -0.122. The van der Waals surface area contributed by atoms with Gasteiger partial charge in [0.05, 0.1) is 12.2 Å². The fraction of sp³-hybridized carbons (Fsp3) is 0.800. The Kier molecular flexibility index (Phi) is 2.87. The molecule has 18 heavy (non-hydrogen) atoms. The molecule has 2 fully saturated rings. The first-order chi connectivity index (χ1) is 8.52. The zero-order valence-electron chi connectivity index (χ0n) is 10.9. The van der Waals surface area contributed by atoms with Gasteiger partial charge in [-0.15, -0.1) is 0 Å². The van der Waals surface area contributed by atoms with Gasteiger partial charge < -0.3 is 10.2 Å². The summed E-state index contributed by atoms with van der Waals surface area (Å²) in [7, 11) is 0. The summed E-state index contributed by atoms with van der Waals surface area (Å²) < 4.78 is 0. The van der Waals surface area contributed by atoms with Crippen LogP contribution in [-0.2, 0) is 4.79 Å². The van der Waals surface area contributed by atoms with Gasteiger partial charge in [-0.2, -0.15) is 0 Å². The Balaban J connectivity index is 1.99. The first-order valence-corrected chi connectivity index (χ1v) is 7.12. The number of allylic oxidation sites excluding steroid dienone is 2. The molecule has 3 aliphatic rings. The fourth-order valence-electron chi connectivity index (χ4n) is 4.56. The fourth-order valence-corrected chi connectivity index (χ4v) is 4.56. The number of hydrogen-bond donors (Lipinski definition) is 2. The van der Waals surface area contributed by atoms with Crippen LogP contribution in [0, 0.1) is 17.3 Å². The quantitative estimate of drug-likeness (QED) is 0.689. The molecule has 0 spiro atoms. The maximum Gasteiger partial charge on any atom is 0.155 e. The van der Waals surface area contributed by atoms with Gasteiger partial charge >= 0.3 is 0 Å². The van der Waals surface area contributed by atoms with Crippen molar-refractivity contribution in [3.05, 3.63) is 11.6 Å². The molecule has 0 amide bonds. The van der Waals surface area contributed by atoms with Crippen molar-refractivity contribution in [3.63, 3.8) is 0 Å². The van der Waals surface area contributed by atoms with Gasteiger partial charge in [-0.3, -0.25) is 4.79 Å². The highest BCUT2D eigenvalue weighted by atomic mass is 16.3. The van der Waals surface area contributed by atoms with Crippen molar-refractivity contribution in [2.24, 2.45) is 17.3 Å². The van der Waals surface area contributed by atoms with E-state index < -0.39 is 0 Å². The van der Waals surface area contributed by atoms with Crippen molar-refractivity contribution in [2.45, 2.75) is 57.7 Å². The van der Waals surface area contributed by atoms with Crippen molar-refractivity contribution in [1.29, 1.82) is 0 Å². The zero-order valence-corrected chi connectivity index (χ0v) is 10.9. The Bertz CT molecular complexity index is 401. The van der Waals surface area contributed by atoms with Gasteiger partial charge in [0.25, 0.3) is 0 Å². The number of carbonyl (C=O) groups is 1. The van der Waals surface area contributed by atoms with E-state index >= 15 is 0 Å². The van der Waals surface area contributed by atoms with Gasteiger partial charge in [0.1, 0.15) is 0 Å². The van der Waals surface area contributed by atoms with E-state index in [-0.39, 0.29) is 35.2 Å². The Labute approximate surface area is 108 Å². The van der Waals surface area contributed by atoms with Crippen LogP contribution in [0.2, 0.25) is 0 Å². The number of rotatable bonds is 0. The van der Waals surface area contributed by atoms with E-state index in [2.05, 4.69) is 6.92 Å². The normalized spacial score (nSPS) is 48.2. The highest BCUT2D eigenvalue weighted by Gasteiger charge is 2.53. The first kappa shape index (κ1) is 12.4. The van der Waals surface area contributed by atoms with Crippen LogP contribution in [0.3, 0.4) is 0 Å². The van der Waals surface area contributed by atoms with Crippen molar-refractivity contribution in [2.75, 3.05) is 0 Å². The molecule has 0 saturated heterocycles. The van der Waals surface area contributed by atoms with Crippen molar-refractivity contribution < 1.29 is 15.0 Å². The molecule has 2 saturated carbocycles. The maximum atomic E-state index is 11.6. The molecular weight excluding hydrogens is 228 g/mol. The number of aliphatic hydroxyl groups is 2. The third kappa shape index (κ3) is 1.68. The number of ketones is 1. The second-order valence-electron chi connectivity index (χ2n) is 6.49. The molecule has 3 heteroatoms. The van der Waals surface area contributed by atoms with Gasteiger partial charge in [-0.25, -0.2) is 0 Å². The lowest BCUT2D eigenvalue weighted by atomic mass is 9.52. The average molecular weight is 250 g/mol. The summed E-state index contributed by atoms with van der Waals surface area (Å²) in [5, 5.41) is 20.6. The lowest BCUT2D eigenvalue weighted by Gasteiger charge is -2.54. The van der Waals surface area contributed by atoms with E-state index in [1.807, 2.05) is 6.08 Å². The number of fused-ring (bicyclic) bond motifs is 3. The third-order valence-corrected chi connectivity index (χ3v) is 5.57. The SMILES string of the molecule is C[C@]12CCC(=O)C=C1CC[C@H]1[C@H]2[C@H](O)CC[C@H]1O. The number of hydrogen-bond acceptors (Lipinski definition) is 3. The van der Waals surface area contributed by atoms with Crippen LogP contribution < -0.4 is 0 Å². The molecule has 0 heterocycles. The molecule has 0 aromatic carbocycles. The van der Waals surface area contributed by atoms with E-state index in [0.717, 1.165) is 25.7 Å². The Morgan fingerprint density at radius 1 is 1.17 bits per heavy atom.